The Morgan fingerprint density at radius 1 is 0.759 bits per heavy atom. The summed E-state index contributed by atoms with van der Waals surface area (Å²) in [6.07, 6.45) is 5.67. The standard InChI is InChI=1S/C24H47N3O2/c1-23(2,3)27-13-11-26(12-14-27)19-20-7-9-25(10-8-20)15-16-28-21-17-22(18-21)29-24(4,5)6/h20-22H,7-19H2,1-6H3. The monoisotopic (exact) mass is 409 g/mol. The molecule has 170 valence electrons. The maximum atomic E-state index is 6.08. The molecule has 5 nitrogen and oxygen atoms in total. The lowest BCUT2D eigenvalue weighted by Gasteiger charge is -2.43. The zero-order chi connectivity index (χ0) is 21.1. The Morgan fingerprint density at radius 3 is 1.93 bits per heavy atom. The molecule has 5 heteroatoms. The van der Waals surface area contributed by atoms with E-state index in [0.717, 1.165) is 31.9 Å². The summed E-state index contributed by atoms with van der Waals surface area (Å²) < 4.78 is 12.1. The lowest BCUT2D eigenvalue weighted by molar-refractivity contribution is -0.149. The number of nitrogens with zero attached hydrogens (tertiary/aromatic N) is 3. The summed E-state index contributed by atoms with van der Waals surface area (Å²) in [5, 5.41) is 0. The molecule has 0 aromatic heterocycles. The molecule has 0 atom stereocenters. The molecule has 3 fully saturated rings. The molecule has 0 spiro atoms. The van der Waals surface area contributed by atoms with Gasteiger partial charge in [-0.05, 0) is 86.2 Å². The molecule has 1 aliphatic carbocycles. The molecule has 3 rings (SSSR count). The first-order valence-electron chi connectivity index (χ1n) is 12.1. The Morgan fingerprint density at radius 2 is 1.38 bits per heavy atom. The van der Waals surface area contributed by atoms with Crippen LogP contribution in [0.15, 0.2) is 0 Å². The Hall–Kier alpha value is -0.200. The van der Waals surface area contributed by atoms with Crippen LogP contribution in [0.4, 0.5) is 0 Å². The predicted molar refractivity (Wildman–Crippen MR) is 121 cm³/mol. The van der Waals surface area contributed by atoms with Crippen LogP contribution in [0.1, 0.15) is 67.2 Å². The van der Waals surface area contributed by atoms with Crippen LogP contribution in [0.5, 0.6) is 0 Å². The molecular formula is C24H47N3O2. The van der Waals surface area contributed by atoms with Gasteiger partial charge in [0, 0.05) is 44.8 Å². The van der Waals surface area contributed by atoms with Crippen molar-refractivity contribution in [1.29, 1.82) is 0 Å². The van der Waals surface area contributed by atoms with Gasteiger partial charge in [0.15, 0.2) is 0 Å². The van der Waals surface area contributed by atoms with E-state index < -0.39 is 0 Å². The fourth-order valence-electron chi connectivity index (χ4n) is 4.96. The van der Waals surface area contributed by atoms with Crippen LogP contribution in [0.25, 0.3) is 0 Å². The highest BCUT2D eigenvalue weighted by molar-refractivity contribution is 4.85. The summed E-state index contributed by atoms with van der Waals surface area (Å²) in [6, 6.07) is 0. The minimum absolute atomic E-state index is 0.0276. The van der Waals surface area contributed by atoms with Gasteiger partial charge in [-0.15, -0.1) is 0 Å². The molecule has 0 aromatic rings. The summed E-state index contributed by atoms with van der Waals surface area (Å²) in [5.74, 6) is 0.885. The molecule has 2 heterocycles. The quantitative estimate of drug-likeness (QED) is 0.642. The van der Waals surface area contributed by atoms with E-state index in [1.807, 2.05) is 0 Å². The molecule has 2 saturated heterocycles. The summed E-state index contributed by atoms with van der Waals surface area (Å²) in [5.41, 5.74) is 0.291. The smallest absolute Gasteiger partial charge is 0.0631 e. The highest BCUT2D eigenvalue weighted by Crippen LogP contribution is 2.30. The summed E-state index contributed by atoms with van der Waals surface area (Å²) in [6.45, 7) is 24.1. The molecule has 0 N–H and O–H groups in total. The van der Waals surface area contributed by atoms with Gasteiger partial charge in [0.2, 0.25) is 0 Å². The maximum Gasteiger partial charge on any atom is 0.0631 e. The topological polar surface area (TPSA) is 28.2 Å². The van der Waals surface area contributed by atoms with Crippen molar-refractivity contribution in [1.82, 2.24) is 14.7 Å². The third-order valence-electron chi connectivity index (χ3n) is 6.88. The molecule has 0 amide bonds. The highest BCUT2D eigenvalue weighted by Gasteiger charge is 2.33. The third kappa shape index (κ3) is 7.77. The lowest BCUT2D eigenvalue weighted by Crippen LogP contribution is -2.54. The first-order chi connectivity index (χ1) is 13.6. The van der Waals surface area contributed by atoms with Gasteiger partial charge in [-0.25, -0.2) is 0 Å². The van der Waals surface area contributed by atoms with Crippen molar-refractivity contribution in [3.63, 3.8) is 0 Å². The molecule has 0 radical (unpaired) electrons. The van der Waals surface area contributed by atoms with Crippen molar-refractivity contribution in [3.8, 4) is 0 Å². The van der Waals surface area contributed by atoms with E-state index in [4.69, 9.17) is 9.47 Å². The van der Waals surface area contributed by atoms with Gasteiger partial charge in [-0.3, -0.25) is 4.90 Å². The molecule has 0 unspecified atom stereocenters. The second-order valence-electron chi connectivity index (χ2n) is 11.6. The van der Waals surface area contributed by atoms with Crippen molar-refractivity contribution < 1.29 is 9.47 Å². The van der Waals surface area contributed by atoms with E-state index in [1.165, 1.54) is 58.7 Å². The van der Waals surface area contributed by atoms with E-state index in [-0.39, 0.29) is 5.60 Å². The fourth-order valence-corrected chi connectivity index (χ4v) is 4.96. The minimum Gasteiger partial charge on any atom is -0.377 e. The Labute approximate surface area is 180 Å². The largest absolute Gasteiger partial charge is 0.377 e. The van der Waals surface area contributed by atoms with Crippen molar-refractivity contribution in [3.05, 3.63) is 0 Å². The van der Waals surface area contributed by atoms with Gasteiger partial charge >= 0.3 is 0 Å². The summed E-state index contributed by atoms with van der Waals surface area (Å²) in [7, 11) is 0. The van der Waals surface area contributed by atoms with Gasteiger partial charge < -0.3 is 19.3 Å². The van der Waals surface area contributed by atoms with Gasteiger partial charge in [-0.1, -0.05) is 0 Å². The molecule has 2 aliphatic heterocycles. The number of rotatable bonds is 7. The second kappa shape index (κ2) is 9.95. The lowest BCUT2D eigenvalue weighted by atomic mass is 9.91. The molecule has 0 bridgehead atoms. The van der Waals surface area contributed by atoms with Crippen LogP contribution in [0.2, 0.25) is 0 Å². The molecule has 29 heavy (non-hydrogen) atoms. The Bertz CT molecular complexity index is 477. The SMILES string of the molecule is CC(C)(C)OC1CC(OCCN2CCC(CN3CCN(C(C)(C)C)CC3)CC2)C1. The second-order valence-corrected chi connectivity index (χ2v) is 11.6. The van der Waals surface area contributed by atoms with Crippen molar-refractivity contribution >= 4 is 0 Å². The Balaban J connectivity index is 1.22. The van der Waals surface area contributed by atoms with Crippen LogP contribution >= 0.6 is 0 Å². The van der Waals surface area contributed by atoms with Crippen LogP contribution in [-0.2, 0) is 9.47 Å². The van der Waals surface area contributed by atoms with E-state index in [0.29, 0.717) is 17.7 Å². The number of ether oxygens (including phenoxy) is 2. The molecular weight excluding hydrogens is 362 g/mol. The summed E-state index contributed by atoms with van der Waals surface area (Å²) >= 11 is 0. The number of likely N-dealkylation sites (tertiary alicyclic amines) is 1. The molecule has 1 saturated carbocycles. The molecule has 0 aromatic carbocycles. The average molecular weight is 410 g/mol. The normalized spacial score (nSPS) is 29.2. The van der Waals surface area contributed by atoms with Crippen LogP contribution < -0.4 is 0 Å². The number of hydrogen-bond acceptors (Lipinski definition) is 5. The van der Waals surface area contributed by atoms with Crippen molar-refractivity contribution in [2.24, 2.45) is 5.92 Å². The van der Waals surface area contributed by atoms with E-state index in [2.05, 4.69) is 56.2 Å². The number of piperidine rings is 1. The maximum absolute atomic E-state index is 6.08. The Kier molecular flexibility index (Phi) is 8.05. The molecule has 3 aliphatic rings. The fraction of sp³-hybridized carbons (Fsp3) is 1.00. The summed E-state index contributed by atoms with van der Waals surface area (Å²) in [4.78, 5) is 7.94. The number of hydrogen-bond donors (Lipinski definition) is 0. The van der Waals surface area contributed by atoms with E-state index >= 15 is 0 Å². The van der Waals surface area contributed by atoms with Crippen molar-refractivity contribution in [2.75, 3.05) is 59.0 Å². The average Bonchev–Trinajstić information content (AvgIpc) is 2.59. The van der Waals surface area contributed by atoms with Crippen LogP contribution in [0.3, 0.4) is 0 Å². The zero-order valence-electron chi connectivity index (χ0n) is 20.1. The van der Waals surface area contributed by atoms with Crippen LogP contribution in [0, 0.1) is 5.92 Å². The van der Waals surface area contributed by atoms with Gasteiger partial charge in [0.05, 0.1) is 24.4 Å². The van der Waals surface area contributed by atoms with Gasteiger partial charge in [-0.2, -0.15) is 0 Å². The van der Waals surface area contributed by atoms with Gasteiger partial charge in [0.25, 0.3) is 0 Å². The van der Waals surface area contributed by atoms with Crippen molar-refractivity contribution in [2.45, 2.75) is 90.6 Å². The van der Waals surface area contributed by atoms with E-state index in [1.54, 1.807) is 0 Å². The van der Waals surface area contributed by atoms with Gasteiger partial charge in [0.1, 0.15) is 0 Å². The predicted octanol–water partition coefficient (Wildman–Crippen LogP) is 3.48. The van der Waals surface area contributed by atoms with Crippen LogP contribution in [-0.4, -0.2) is 97.0 Å². The minimum atomic E-state index is -0.0276. The zero-order valence-corrected chi connectivity index (χ0v) is 20.1. The highest BCUT2D eigenvalue weighted by atomic mass is 16.5. The first-order valence-corrected chi connectivity index (χ1v) is 12.1. The van der Waals surface area contributed by atoms with E-state index in [9.17, 15) is 0 Å². The first kappa shape index (κ1) is 23.5. The third-order valence-corrected chi connectivity index (χ3v) is 6.88. The number of piperazine rings is 1.